The van der Waals surface area contributed by atoms with Gasteiger partial charge in [0.15, 0.2) is 18.4 Å². The van der Waals surface area contributed by atoms with E-state index in [9.17, 15) is 4.79 Å². The highest BCUT2D eigenvalue weighted by Gasteiger charge is 2.52. The van der Waals surface area contributed by atoms with E-state index in [1.165, 1.54) is 0 Å². The second-order valence-electron chi connectivity index (χ2n) is 7.99. The summed E-state index contributed by atoms with van der Waals surface area (Å²) in [5.41, 5.74) is 0.861. The van der Waals surface area contributed by atoms with Crippen molar-refractivity contribution in [1.29, 1.82) is 0 Å². The number of methoxy groups -OCH3 is 1. The Morgan fingerprint density at radius 3 is 2.44 bits per heavy atom. The van der Waals surface area contributed by atoms with Crippen LogP contribution in [0.4, 0.5) is 0 Å². The molecule has 0 unspecified atom stereocenters. The minimum atomic E-state index is -0.625. The Morgan fingerprint density at radius 2 is 1.84 bits per heavy atom. The number of carbonyl (C=O) groups is 1. The van der Waals surface area contributed by atoms with Gasteiger partial charge in [-0.05, 0) is 11.3 Å². The van der Waals surface area contributed by atoms with Gasteiger partial charge in [-0.3, -0.25) is 4.79 Å². The van der Waals surface area contributed by atoms with Gasteiger partial charge in [0.25, 0.3) is 0 Å². The summed E-state index contributed by atoms with van der Waals surface area (Å²) in [7, 11) is 1.58. The lowest BCUT2D eigenvalue weighted by molar-refractivity contribution is -0.313. The average Bonchev–Trinajstić information content (AvgIpc) is 2.60. The molecule has 2 aliphatic rings. The first-order valence-electron chi connectivity index (χ1n) is 8.87. The van der Waals surface area contributed by atoms with Crippen LogP contribution >= 0.6 is 0 Å². The van der Waals surface area contributed by atoms with E-state index in [1.54, 1.807) is 7.11 Å². The van der Waals surface area contributed by atoms with Crippen molar-refractivity contribution >= 4 is 5.78 Å². The molecule has 1 aromatic carbocycles. The topological polar surface area (TPSA) is 54.0 Å². The van der Waals surface area contributed by atoms with Gasteiger partial charge in [0.05, 0.1) is 12.5 Å². The highest BCUT2D eigenvalue weighted by molar-refractivity contribution is 5.87. The van der Waals surface area contributed by atoms with Gasteiger partial charge in [-0.1, -0.05) is 58.0 Å². The molecule has 1 aromatic rings. The summed E-state index contributed by atoms with van der Waals surface area (Å²) in [5, 5.41) is 0. The Labute approximate surface area is 149 Å². The molecule has 5 heteroatoms. The fourth-order valence-electron chi connectivity index (χ4n) is 3.48. The predicted molar refractivity (Wildman–Crippen MR) is 92.8 cm³/mol. The van der Waals surface area contributed by atoms with Crippen LogP contribution in [0, 0.1) is 17.3 Å². The molecular formula is C20H28O5. The largest absolute Gasteiger partial charge is 0.355 e. The second-order valence-corrected chi connectivity index (χ2v) is 7.99. The van der Waals surface area contributed by atoms with Crippen molar-refractivity contribution in [3.63, 3.8) is 0 Å². The first-order valence-corrected chi connectivity index (χ1v) is 8.87. The number of carbonyl (C=O) groups excluding carboxylic acids is 1. The number of benzene rings is 1. The lowest BCUT2D eigenvalue weighted by Gasteiger charge is -2.47. The van der Waals surface area contributed by atoms with Crippen LogP contribution < -0.4 is 0 Å². The van der Waals surface area contributed by atoms with Crippen LogP contribution in [0.3, 0.4) is 0 Å². The lowest BCUT2D eigenvalue weighted by atomic mass is 9.70. The standard InChI is InChI=1S/C20H28O5/c1-12(20(2,3)4)15-16(21)17-14(24-19(15)22-5)11-23-18(25-17)13-9-7-6-8-10-13/h6-10,12,14-15,17-19H,11H2,1-5H3/t12-,14-,15+,17-,18-,19+/m1/s1. The van der Waals surface area contributed by atoms with E-state index in [0.717, 1.165) is 5.56 Å². The molecular weight excluding hydrogens is 320 g/mol. The zero-order valence-electron chi connectivity index (χ0n) is 15.6. The maximum Gasteiger partial charge on any atom is 0.184 e. The maximum absolute atomic E-state index is 13.3. The van der Waals surface area contributed by atoms with E-state index < -0.39 is 24.8 Å². The summed E-state index contributed by atoms with van der Waals surface area (Å²) in [5.74, 6) is -0.219. The molecule has 2 saturated heterocycles. The maximum atomic E-state index is 13.3. The number of ketones is 1. The number of rotatable bonds is 3. The second kappa shape index (κ2) is 7.16. The summed E-state index contributed by atoms with van der Waals surface area (Å²) in [6.45, 7) is 8.77. The summed E-state index contributed by atoms with van der Waals surface area (Å²) in [6, 6.07) is 9.67. The van der Waals surface area contributed by atoms with Gasteiger partial charge in [0, 0.05) is 12.7 Å². The molecule has 138 valence electrons. The normalized spacial score (nSPS) is 34.4. The van der Waals surface area contributed by atoms with Crippen molar-refractivity contribution in [2.24, 2.45) is 17.3 Å². The van der Waals surface area contributed by atoms with Crippen molar-refractivity contribution < 1.29 is 23.7 Å². The van der Waals surface area contributed by atoms with Crippen molar-refractivity contribution in [1.82, 2.24) is 0 Å². The number of ether oxygens (including phenoxy) is 4. The van der Waals surface area contributed by atoms with Crippen LogP contribution in [-0.4, -0.2) is 38.0 Å². The Kier molecular flexibility index (Phi) is 5.30. The third-order valence-corrected chi connectivity index (χ3v) is 5.44. The molecule has 3 rings (SSSR count). The molecule has 0 spiro atoms. The van der Waals surface area contributed by atoms with Gasteiger partial charge in [0.1, 0.15) is 12.2 Å². The zero-order valence-corrected chi connectivity index (χ0v) is 15.6. The number of fused-ring (bicyclic) bond motifs is 1. The zero-order chi connectivity index (χ0) is 18.2. The molecule has 0 bridgehead atoms. The van der Waals surface area contributed by atoms with Gasteiger partial charge in [-0.15, -0.1) is 0 Å². The molecule has 2 heterocycles. The Balaban J connectivity index is 1.82. The van der Waals surface area contributed by atoms with Gasteiger partial charge in [-0.2, -0.15) is 0 Å². The van der Waals surface area contributed by atoms with Gasteiger partial charge in [0.2, 0.25) is 0 Å². The molecule has 25 heavy (non-hydrogen) atoms. The summed E-state index contributed by atoms with van der Waals surface area (Å²) >= 11 is 0. The first kappa shape index (κ1) is 18.5. The quantitative estimate of drug-likeness (QED) is 0.838. The molecule has 0 aliphatic carbocycles. The smallest absolute Gasteiger partial charge is 0.184 e. The molecule has 0 radical (unpaired) electrons. The van der Waals surface area contributed by atoms with Crippen LogP contribution in [0.1, 0.15) is 39.5 Å². The van der Waals surface area contributed by atoms with Gasteiger partial charge in [-0.25, -0.2) is 0 Å². The summed E-state index contributed by atoms with van der Waals surface area (Å²) < 4.78 is 23.3. The molecule has 0 amide bonds. The Bertz CT molecular complexity index is 594. The Hall–Kier alpha value is -1.27. The van der Waals surface area contributed by atoms with E-state index in [1.807, 2.05) is 30.3 Å². The summed E-state index contributed by atoms with van der Waals surface area (Å²) in [6.07, 6.45) is -2.16. The van der Waals surface area contributed by atoms with E-state index >= 15 is 0 Å². The third-order valence-electron chi connectivity index (χ3n) is 5.44. The van der Waals surface area contributed by atoms with Crippen LogP contribution in [0.25, 0.3) is 0 Å². The minimum Gasteiger partial charge on any atom is -0.355 e. The first-order chi connectivity index (χ1) is 11.8. The van der Waals surface area contributed by atoms with Crippen molar-refractivity contribution in [2.75, 3.05) is 13.7 Å². The molecule has 0 saturated carbocycles. The van der Waals surface area contributed by atoms with Crippen molar-refractivity contribution in [3.8, 4) is 0 Å². The number of hydrogen-bond acceptors (Lipinski definition) is 5. The fraction of sp³-hybridized carbons (Fsp3) is 0.650. The van der Waals surface area contributed by atoms with Crippen LogP contribution in [-0.2, 0) is 23.7 Å². The lowest BCUT2D eigenvalue weighted by Crippen LogP contribution is -2.59. The van der Waals surface area contributed by atoms with E-state index in [4.69, 9.17) is 18.9 Å². The molecule has 0 N–H and O–H groups in total. The van der Waals surface area contributed by atoms with E-state index in [2.05, 4.69) is 27.7 Å². The fourth-order valence-corrected chi connectivity index (χ4v) is 3.48. The van der Waals surface area contributed by atoms with Crippen LogP contribution in [0.2, 0.25) is 0 Å². The van der Waals surface area contributed by atoms with Gasteiger partial charge < -0.3 is 18.9 Å². The Morgan fingerprint density at radius 1 is 1.16 bits per heavy atom. The van der Waals surface area contributed by atoms with Crippen molar-refractivity contribution in [2.45, 2.75) is 52.5 Å². The molecule has 5 nitrogen and oxygen atoms in total. The van der Waals surface area contributed by atoms with E-state index in [-0.39, 0.29) is 23.0 Å². The predicted octanol–water partition coefficient (Wildman–Crippen LogP) is 3.34. The molecule has 2 aliphatic heterocycles. The molecule has 6 atom stereocenters. The van der Waals surface area contributed by atoms with Gasteiger partial charge >= 0.3 is 0 Å². The monoisotopic (exact) mass is 348 g/mol. The minimum absolute atomic E-state index is 0.0443. The average molecular weight is 348 g/mol. The van der Waals surface area contributed by atoms with Crippen LogP contribution in [0.15, 0.2) is 30.3 Å². The SMILES string of the molecule is CO[C@H]1O[C@@H]2CO[C@@H](c3ccccc3)O[C@H]2C(=O)[C@@H]1[C@@H](C)C(C)(C)C. The highest BCUT2D eigenvalue weighted by atomic mass is 16.7. The third kappa shape index (κ3) is 3.65. The van der Waals surface area contributed by atoms with E-state index in [0.29, 0.717) is 6.61 Å². The number of Topliss-reactive ketones (excluding diaryl/α,β-unsaturated/α-hetero) is 1. The van der Waals surface area contributed by atoms with Crippen molar-refractivity contribution in [3.05, 3.63) is 35.9 Å². The number of hydrogen-bond donors (Lipinski definition) is 0. The highest BCUT2D eigenvalue weighted by Crippen LogP contribution is 2.41. The molecule has 0 aromatic heterocycles. The molecule has 2 fully saturated rings. The summed E-state index contributed by atoms with van der Waals surface area (Å²) in [4.78, 5) is 13.3. The van der Waals surface area contributed by atoms with Crippen LogP contribution in [0.5, 0.6) is 0 Å².